The van der Waals surface area contributed by atoms with E-state index < -0.39 is 0 Å². The highest BCUT2D eigenvalue weighted by atomic mass is 16.6. The van der Waals surface area contributed by atoms with Gasteiger partial charge in [-0.15, -0.1) is 0 Å². The Balaban J connectivity index is 1.94. The predicted octanol–water partition coefficient (Wildman–Crippen LogP) is 1.36. The number of nitrogens with one attached hydrogen (secondary N) is 1. The van der Waals surface area contributed by atoms with Gasteiger partial charge in [0.15, 0.2) is 0 Å². The van der Waals surface area contributed by atoms with Crippen LogP contribution in [-0.4, -0.2) is 41.8 Å². The first-order valence-corrected chi connectivity index (χ1v) is 5.70. The monoisotopic (exact) mass is 212 g/mol. The number of piperidine rings is 1. The molecule has 15 heavy (non-hydrogen) atoms. The van der Waals surface area contributed by atoms with Gasteiger partial charge in [0.25, 0.3) is 0 Å². The number of hydrogen-bond acceptors (Lipinski definition) is 3. The fraction of sp³-hybridized carbons (Fsp3) is 0.909. The topological polar surface area (TPSA) is 41.6 Å². The number of carbonyl (C=O) groups is 1. The SMILES string of the molecule is CC(C)(C)OC(=O)N1CCC[C@@H]2NC[C@H]21. The van der Waals surface area contributed by atoms with E-state index in [1.807, 2.05) is 25.7 Å². The van der Waals surface area contributed by atoms with Gasteiger partial charge in [-0.05, 0) is 33.6 Å². The van der Waals surface area contributed by atoms with E-state index in [1.54, 1.807) is 0 Å². The van der Waals surface area contributed by atoms with Gasteiger partial charge in [0, 0.05) is 19.1 Å². The number of fused-ring (bicyclic) bond motifs is 1. The van der Waals surface area contributed by atoms with Crippen molar-refractivity contribution in [2.75, 3.05) is 13.1 Å². The molecule has 1 N–H and O–H groups in total. The van der Waals surface area contributed by atoms with Crippen LogP contribution in [-0.2, 0) is 4.74 Å². The zero-order valence-electron chi connectivity index (χ0n) is 9.75. The fourth-order valence-electron chi connectivity index (χ4n) is 2.21. The van der Waals surface area contributed by atoms with Crippen LogP contribution in [0.3, 0.4) is 0 Å². The van der Waals surface area contributed by atoms with Crippen molar-refractivity contribution < 1.29 is 9.53 Å². The van der Waals surface area contributed by atoms with E-state index in [0.717, 1.165) is 19.5 Å². The fourth-order valence-corrected chi connectivity index (χ4v) is 2.21. The predicted molar refractivity (Wildman–Crippen MR) is 57.8 cm³/mol. The Hall–Kier alpha value is -0.770. The van der Waals surface area contributed by atoms with Crippen LogP contribution in [0.25, 0.3) is 0 Å². The Morgan fingerprint density at radius 3 is 2.73 bits per heavy atom. The Morgan fingerprint density at radius 2 is 2.20 bits per heavy atom. The zero-order chi connectivity index (χ0) is 11.1. The lowest BCUT2D eigenvalue weighted by Gasteiger charge is -2.48. The molecule has 0 unspecified atom stereocenters. The first kappa shape index (κ1) is 10.7. The third kappa shape index (κ3) is 2.25. The lowest BCUT2D eigenvalue weighted by Crippen LogP contribution is -2.68. The van der Waals surface area contributed by atoms with E-state index in [9.17, 15) is 4.79 Å². The van der Waals surface area contributed by atoms with Gasteiger partial charge >= 0.3 is 6.09 Å². The Morgan fingerprint density at radius 1 is 1.47 bits per heavy atom. The van der Waals surface area contributed by atoms with E-state index in [0.29, 0.717) is 12.1 Å². The third-order valence-corrected chi connectivity index (χ3v) is 3.00. The molecular formula is C11H20N2O2. The number of likely N-dealkylation sites (tertiary alicyclic amines) is 1. The highest BCUT2D eigenvalue weighted by molar-refractivity contribution is 5.69. The molecule has 2 aliphatic heterocycles. The van der Waals surface area contributed by atoms with E-state index in [4.69, 9.17) is 4.74 Å². The van der Waals surface area contributed by atoms with E-state index >= 15 is 0 Å². The van der Waals surface area contributed by atoms with Crippen LogP contribution in [0, 0.1) is 0 Å². The molecule has 0 radical (unpaired) electrons. The Kier molecular flexibility index (Phi) is 2.63. The first-order chi connectivity index (χ1) is 6.97. The summed E-state index contributed by atoms with van der Waals surface area (Å²) in [7, 11) is 0. The summed E-state index contributed by atoms with van der Waals surface area (Å²) >= 11 is 0. The number of carbonyl (C=O) groups excluding carboxylic acids is 1. The summed E-state index contributed by atoms with van der Waals surface area (Å²) in [6, 6.07) is 0.875. The molecule has 0 aromatic carbocycles. The first-order valence-electron chi connectivity index (χ1n) is 5.70. The normalized spacial score (nSPS) is 30.5. The standard InChI is InChI=1S/C11H20N2O2/c1-11(2,3)15-10(14)13-6-4-5-8-9(13)7-12-8/h8-9,12H,4-7H2,1-3H3/t8-,9+/m0/s1. The maximum Gasteiger partial charge on any atom is 0.410 e. The molecule has 2 fully saturated rings. The third-order valence-electron chi connectivity index (χ3n) is 3.00. The summed E-state index contributed by atoms with van der Waals surface area (Å²) in [6.07, 6.45) is 2.11. The van der Waals surface area contributed by atoms with Gasteiger partial charge in [-0.1, -0.05) is 0 Å². The van der Waals surface area contributed by atoms with Crippen molar-refractivity contribution in [2.45, 2.75) is 51.3 Å². The van der Waals surface area contributed by atoms with Crippen molar-refractivity contribution in [1.29, 1.82) is 0 Å². The molecule has 1 amide bonds. The number of hydrogen-bond donors (Lipinski definition) is 1. The molecule has 0 aliphatic carbocycles. The second kappa shape index (κ2) is 3.67. The quantitative estimate of drug-likeness (QED) is 0.659. The largest absolute Gasteiger partial charge is 0.444 e. The number of rotatable bonds is 0. The lowest BCUT2D eigenvalue weighted by molar-refractivity contribution is -0.00927. The minimum atomic E-state index is -0.388. The van der Waals surface area contributed by atoms with Crippen LogP contribution in [0.1, 0.15) is 33.6 Å². The van der Waals surface area contributed by atoms with E-state index in [1.165, 1.54) is 6.42 Å². The van der Waals surface area contributed by atoms with Crippen LogP contribution < -0.4 is 5.32 Å². The maximum absolute atomic E-state index is 11.9. The summed E-state index contributed by atoms with van der Waals surface area (Å²) in [5, 5.41) is 3.35. The Bertz CT molecular complexity index is 260. The van der Waals surface area contributed by atoms with Crippen LogP contribution >= 0.6 is 0 Å². The minimum Gasteiger partial charge on any atom is -0.444 e. The van der Waals surface area contributed by atoms with Crippen molar-refractivity contribution in [2.24, 2.45) is 0 Å². The zero-order valence-corrected chi connectivity index (χ0v) is 9.75. The average molecular weight is 212 g/mol. The maximum atomic E-state index is 11.9. The van der Waals surface area contributed by atoms with Crippen LogP contribution in [0.15, 0.2) is 0 Å². The van der Waals surface area contributed by atoms with Gasteiger partial charge in [-0.2, -0.15) is 0 Å². The average Bonchev–Trinajstić information content (AvgIpc) is 2.03. The van der Waals surface area contributed by atoms with Crippen molar-refractivity contribution >= 4 is 6.09 Å². The van der Waals surface area contributed by atoms with Crippen molar-refractivity contribution in [3.05, 3.63) is 0 Å². The van der Waals surface area contributed by atoms with Gasteiger partial charge in [0.2, 0.25) is 0 Å². The van der Waals surface area contributed by atoms with Crippen molar-refractivity contribution in [3.63, 3.8) is 0 Å². The van der Waals surface area contributed by atoms with E-state index in [-0.39, 0.29) is 11.7 Å². The second-order valence-corrected chi connectivity index (χ2v) is 5.40. The molecule has 0 saturated carbocycles. The summed E-state index contributed by atoms with van der Waals surface area (Å²) in [4.78, 5) is 13.8. The molecule has 2 aliphatic rings. The van der Waals surface area contributed by atoms with Crippen LogP contribution in [0.5, 0.6) is 0 Å². The number of amides is 1. The minimum absolute atomic E-state index is 0.154. The highest BCUT2D eigenvalue weighted by Gasteiger charge is 2.41. The summed E-state index contributed by atoms with van der Waals surface area (Å²) < 4.78 is 5.39. The molecule has 2 atom stereocenters. The van der Waals surface area contributed by atoms with Crippen LogP contribution in [0.2, 0.25) is 0 Å². The van der Waals surface area contributed by atoms with Gasteiger partial charge in [0.1, 0.15) is 5.60 Å². The Labute approximate surface area is 91.0 Å². The molecular weight excluding hydrogens is 192 g/mol. The van der Waals surface area contributed by atoms with E-state index in [2.05, 4.69) is 5.32 Å². The molecule has 86 valence electrons. The molecule has 0 aromatic heterocycles. The summed E-state index contributed by atoms with van der Waals surface area (Å²) in [5.41, 5.74) is -0.388. The molecule has 0 bridgehead atoms. The molecule has 4 nitrogen and oxygen atoms in total. The van der Waals surface area contributed by atoms with Gasteiger partial charge < -0.3 is 15.0 Å². The molecule has 2 rings (SSSR count). The van der Waals surface area contributed by atoms with Gasteiger partial charge in [-0.25, -0.2) is 4.79 Å². The molecule has 4 heteroatoms. The molecule has 0 spiro atoms. The molecule has 2 heterocycles. The molecule has 0 aromatic rings. The lowest BCUT2D eigenvalue weighted by atomic mass is 9.90. The summed E-state index contributed by atoms with van der Waals surface area (Å²) in [6.45, 7) is 7.49. The summed E-state index contributed by atoms with van der Waals surface area (Å²) in [5.74, 6) is 0. The van der Waals surface area contributed by atoms with Crippen LogP contribution in [0.4, 0.5) is 4.79 Å². The highest BCUT2D eigenvalue weighted by Crippen LogP contribution is 2.25. The van der Waals surface area contributed by atoms with Crippen molar-refractivity contribution in [3.8, 4) is 0 Å². The van der Waals surface area contributed by atoms with Gasteiger partial charge in [-0.3, -0.25) is 0 Å². The smallest absolute Gasteiger partial charge is 0.410 e. The van der Waals surface area contributed by atoms with Crippen molar-refractivity contribution in [1.82, 2.24) is 10.2 Å². The second-order valence-electron chi connectivity index (χ2n) is 5.40. The van der Waals surface area contributed by atoms with Gasteiger partial charge in [0.05, 0.1) is 6.04 Å². The molecule has 2 saturated heterocycles. The number of nitrogens with zero attached hydrogens (tertiary/aromatic N) is 1. The number of ether oxygens (including phenoxy) is 1.